The van der Waals surface area contributed by atoms with E-state index >= 15 is 0 Å². The van der Waals surface area contributed by atoms with Crippen molar-refractivity contribution in [2.75, 3.05) is 33.0 Å². The van der Waals surface area contributed by atoms with Crippen LogP contribution in [-0.4, -0.2) is 273 Å². The van der Waals surface area contributed by atoms with E-state index in [0.717, 1.165) is 0 Å². The molecule has 5 aliphatic heterocycles. The van der Waals surface area contributed by atoms with Gasteiger partial charge in [-0.1, -0.05) is 0 Å². The summed E-state index contributed by atoms with van der Waals surface area (Å²) < 4.78 is 48.9. The lowest BCUT2D eigenvalue weighted by atomic mass is 9.95. The van der Waals surface area contributed by atoms with Crippen LogP contribution in [0.25, 0.3) is 0 Å². The molecule has 328 valence electrons. The molecule has 0 amide bonds. The first-order chi connectivity index (χ1) is 26.5. The topological polar surface area (TPSA) is 427 Å². The zero-order valence-corrected chi connectivity index (χ0v) is 29.2. The van der Waals surface area contributed by atoms with E-state index in [4.69, 9.17) is 42.6 Å². The molecule has 5 aliphatic rings. The number of hydrogen-bond donors (Lipinski definition) is 17. The van der Waals surface area contributed by atoms with Crippen LogP contribution in [0.2, 0.25) is 0 Å². The monoisotopic (exact) mass is 828 g/mol. The number of rotatable bonds is 13. The first-order valence-corrected chi connectivity index (χ1v) is 17.6. The van der Waals surface area contributed by atoms with Crippen molar-refractivity contribution >= 4 is 0 Å². The molecule has 0 aromatic heterocycles. The lowest BCUT2D eigenvalue weighted by Gasteiger charge is -2.49. The summed E-state index contributed by atoms with van der Waals surface area (Å²) >= 11 is 0. The average molecular weight is 829 g/mol. The molecule has 26 nitrogen and oxygen atoms in total. The molecule has 5 saturated heterocycles. The highest BCUT2D eigenvalue weighted by Crippen LogP contribution is 2.35. The summed E-state index contributed by atoms with van der Waals surface area (Å²) in [5, 5.41) is 177. The Hall–Kier alpha value is -1.04. The van der Waals surface area contributed by atoms with Gasteiger partial charge < -0.3 is 129 Å². The summed E-state index contributed by atoms with van der Waals surface area (Å²) in [4.78, 5) is 0. The molecule has 0 saturated carbocycles. The van der Waals surface area contributed by atoms with Crippen LogP contribution in [0.3, 0.4) is 0 Å². The maximum absolute atomic E-state index is 11.2. The minimum Gasteiger partial charge on any atom is -0.394 e. The SMILES string of the molecule is OC[C@H]1O[C@H](O[C@@H]2[C@@H](O)[C@@H](O[C@H]3[C@H](O)[C@@H](O)[C@@H](O[C@@H]4[C@@H](O)[C@@H](O[C@H]5[C@H](O)[C@@H](CO)OC(O)[C@@H]5O)O[C@H](CO)[C@H]4O)O[C@@H]3CO)O[C@H](CO)[C@H]2O)[C@H](O)[C@@H](O)[C@@H]1O. The normalized spacial score (nSPS) is 53.2. The Balaban J connectivity index is 1.29. The highest BCUT2D eigenvalue weighted by Gasteiger charge is 2.56. The van der Waals surface area contributed by atoms with Crippen molar-refractivity contribution < 1.29 is 129 Å². The third-order valence-electron chi connectivity index (χ3n) is 10.3. The van der Waals surface area contributed by atoms with Crippen molar-refractivity contribution in [1.82, 2.24) is 0 Å². The fourth-order valence-corrected chi connectivity index (χ4v) is 7.01. The zero-order chi connectivity index (χ0) is 41.3. The van der Waals surface area contributed by atoms with Crippen molar-refractivity contribution in [3.8, 4) is 0 Å². The van der Waals surface area contributed by atoms with Crippen LogP contribution in [0.5, 0.6) is 0 Å². The first kappa shape index (κ1) is 46.0. The van der Waals surface area contributed by atoms with E-state index in [-0.39, 0.29) is 0 Å². The van der Waals surface area contributed by atoms with Crippen LogP contribution in [0.1, 0.15) is 0 Å². The minimum atomic E-state index is -2.17. The van der Waals surface area contributed by atoms with Crippen LogP contribution in [-0.2, 0) is 42.6 Å². The summed E-state index contributed by atoms with van der Waals surface area (Å²) in [6.07, 6.45) is -46.7. The molecule has 25 atom stereocenters. The van der Waals surface area contributed by atoms with Crippen LogP contribution >= 0.6 is 0 Å². The van der Waals surface area contributed by atoms with Gasteiger partial charge in [0.25, 0.3) is 0 Å². The van der Waals surface area contributed by atoms with Gasteiger partial charge in [-0.3, -0.25) is 0 Å². The molecule has 5 heterocycles. The molecule has 0 bridgehead atoms. The van der Waals surface area contributed by atoms with Gasteiger partial charge in [0.05, 0.1) is 33.0 Å². The lowest BCUT2D eigenvalue weighted by Crippen LogP contribution is -2.68. The highest BCUT2D eigenvalue weighted by molar-refractivity contribution is 4.99. The van der Waals surface area contributed by atoms with Crippen LogP contribution in [0, 0.1) is 0 Å². The second-order valence-electron chi connectivity index (χ2n) is 13.9. The third kappa shape index (κ3) is 9.16. The van der Waals surface area contributed by atoms with E-state index in [1.54, 1.807) is 0 Å². The second-order valence-corrected chi connectivity index (χ2v) is 13.9. The number of aliphatic hydroxyl groups excluding tert-OH is 17. The molecular formula is C30H52O26. The Labute approximate surface area is 316 Å². The summed E-state index contributed by atoms with van der Waals surface area (Å²) in [6.45, 7) is -4.54. The van der Waals surface area contributed by atoms with Gasteiger partial charge in [-0.25, -0.2) is 0 Å². The largest absolute Gasteiger partial charge is 0.394 e. The fourth-order valence-electron chi connectivity index (χ4n) is 7.01. The molecule has 26 heteroatoms. The molecule has 0 aliphatic carbocycles. The van der Waals surface area contributed by atoms with E-state index in [1.807, 2.05) is 0 Å². The van der Waals surface area contributed by atoms with Gasteiger partial charge >= 0.3 is 0 Å². The molecule has 56 heavy (non-hydrogen) atoms. The predicted molar refractivity (Wildman–Crippen MR) is 167 cm³/mol. The van der Waals surface area contributed by atoms with Crippen LogP contribution < -0.4 is 0 Å². The van der Waals surface area contributed by atoms with Gasteiger partial charge in [-0.15, -0.1) is 0 Å². The van der Waals surface area contributed by atoms with Crippen molar-refractivity contribution in [3.63, 3.8) is 0 Å². The van der Waals surface area contributed by atoms with Gasteiger partial charge in [0.2, 0.25) is 0 Å². The van der Waals surface area contributed by atoms with Crippen molar-refractivity contribution in [1.29, 1.82) is 0 Å². The highest BCUT2D eigenvalue weighted by atomic mass is 16.8. The number of ether oxygens (including phenoxy) is 9. The quantitative estimate of drug-likeness (QED) is 0.0819. The minimum absolute atomic E-state index is 0.828. The predicted octanol–water partition coefficient (Wildman–Crippen LogP) is -11.9. The summed E-state index contributed by atoms with van der Waals surface area (Å²) in [7, 11) is 0. The Kier molecular flexibility index (Phi) is 16.1. The van der Waals surface area contributed by atoms with E-state index in [1.165, 1.54) is 0 Å². The average Bonchev–Trinajstić information content (AvgIpc) is 3.18. The Morgan fingerprint density at radius 1 is 0.268 bits per heavy atom. The summed E-state index contributed by atoms with van der Waals surface area (Å²) in [5.74, 6) is 0. The molecule has 5 rings (SSSR count). The number of aliphatic hydroxyl groups is 17. The molecular weight excluding hydrogens is 776 g/mol. The summed E-state index contributed by atoms with van der Waals surface area (Å²) in [6, 6.07) is 0. The van der Waals surface area contributed by atoms with E-state index in [0.29, 0.717) is 0 Å². The molecule has 0 spiro atoms. The van der Waals surface area contributed by atoms with Crippen molar-refractivity contribution in [2.45, 2.75) is 154 Å². The standard InChI is InChI=1S/C30H52O26/c31-1-6-11(36)15(40)17(42)27(49-6)55-24-13(38)8(3-33)50-29(20(24)45)53-22-10(5-35)52-28(18(43)16(22)41)56-25-14(39)9(4-34)51-30(21(25)46)54-23-12(37)7(2-32)48-26(47)19(23)44/h6-47H,1-5H2/t6-,7-,8-,9-,10-,11-,12-,13-,14-,15+,16-,17-,18-,19-,20-,21-,22-,23+,24+,25+,26?,27-,28-,29-,30-/m1/s1. The first-order valence-electron chi connectivity index (χ1n) is 17.6. The Bertz CT molecular complexity index is 1200. The molecule has 0 aromatic carbocycles. The Morgan fingerprint density at radius 2 is 0.571 bits per heavy atom. The molecule has 0 radical (unpaired) electrons. The van der Waals surface area contributed by atoms with E-state index in [2.05, 4.69) is 0 Å². The Morgan fingerprint density at radius 3 is 0.982 bits per heavy atom. The van der Waals surface area contributed by atoms with Gasteiger partial charge in [0.1, 0.15) is 122 Å². The summed E-state index contributed by atoms with van der Waals surface area (Å²) in [5.41, 5.74) is 0. The van der Waals surface area contributed by atoms with Gasteiger partial charge in [0, 0.05) is 0 Å². The van der Waals surface area contributed by atoms with Crippen LogP contribution in [0.4, 0.5) is 0 Å². The smallest absolute Gasteiger partial charge is 0.187 e. The van der Waals surface area contributed by atoms with Crippen molar-refractivity contribution in [2.24, 2.45) is 0 Å². The van der Waals surface area contributed by atoms with Gasteiger partial charge in [-0.2, -0.15) is 0 Å². The van der Waals surface area contributed by atoms with Crippen LogP contribution in [0.15, 0.2) is 0 Å². The lowest BCUT2D eigenvalue weighted by molar-refractivity contribution is -0.394. The van der Waals surface area contributed by atoms with E-state index < -0.39 is 187 Å². The van der Waals surface area contributed by atoms with E-state index in [9.17, 15) is 86.8 Å². The van der Waals surface area contributed by atoms with Gasteiger partial charge in [-0.05, 0) is 0 Å². The maximum atomic E-state index is 11.2. The molecule has 17 N–H and O–H groups in total. The maximum Gasteiger partial charge on any atom is 0.187 e. The van der Waals surface area contributed by atoms with Gasteiger partial charge in [0.15, 0.2) is 31.5 Å². The molecule has 1 unspecified atom stereocenters. The fraction of sp³-hybridized carbons (Fsp3) is 1.00. The third-order valence-corrected chi connectivity index (χ3v) is 10.3. The second kappa shape index (κ2) is 19.6. The number of hydrogen-bond acceptors (Lipinski definition) is 26. The zero-order valence-electron chi connectivity index (χ0n) is 29.2. The van der Waals surface area contributed by atoms with Crippen molar-refractivity contribution in [3.05, 3.63) is 0 Å². The molecule has 0 aromatic rings. The molecule has 5 fully saturated rings.